The van der Waals surface area contributed by atoms with Crippen molar-refractivity contribution in [2.45, 2.75) is 26.3 Å². The van der Waals surface area contributed by atoms with Crippen LogP contribution in [0.1, 0.15) is 29.9 Å². The van der Waals surface area contributed by atoms with Gasteiger partial charge in [-0.2, -0.15) is 0 Å². The maximum atomic E-state index is 5.45. The molecule has 3 heteroatoms. The Bertz CT molecular complexity index is 493. The van der Waals surface area contributed by atoms with Crippen LogP contribution in [-0.4, -0.2) is 6.54 Å². The van der Waals surface area contributed by atoms with Crippen molar-refractivity contribution in [3.63, 3.8) is 0 Å². The zero-order valence-electron chi connectivity index (χ0n) is 10.7. The van der Waals surface area contributed by atoms with E-state index >= 15 is 0 Å². The fourth-order valence-electron chi connectivity index (χ4n) is 2.10. The lowest BCUT2D eigenvalue weighted by atomic mass is 10.0. The van der Waals surface area contributed by atoms with E-state index in [1.165, 1.54) is 11.1 Å². The summed E-state index contributed by atoms with van der Waals surface area (Å²) in [5.74, 6) is 1.01. The van der Waals surface area contributed by atoms with Gasteiger partial charge in [0.1, 0.15) is 5.76 Å². The molecule has 0 aliphatic rings. The van der Waals surface area contributed by atoms with Gasteiger partial charge in [0, 0.05) is 16.9 Å². The maximum absolute atomic E-state index is 5.45. The Kier molecular flexibility index (Phi) is 4.61. The molecule has 0 fully saturated rings. The molecule has 1 unspecified atom stereocenters. The van der Waals surface area contributed by atoms with E-state index in [4.69, 9.17) is 4.42 Å². The number of halogens is 1. The lowest BCUT2D eigenvalue weighted by molar-refractivity contribution is 0.454. The second-order valence-electron chi connectivity index (χ2n) is 4.42. The van der Waals surface area contributed by atoms with Crippen LogP contribution in [0.3, 0.4) is 0 Å². The van der Waals surface area contributed by atoms with E-state index in [1.54, 1.807) is 6.26 Å². The molecule has 0 saturated heterocycles. The minimum absolute atomic E-state index is 0.274. The number of furan rings is 1. The molecule has 1 N–H and O–H groups in total. The molecule has 2 aromatic rings. The molecule has 1 aromatic heterocycles. The molecular formula is C15H18BrNO. The molecule has 0 amide bonds. The highest BCUT2D eigenvalue weighted by Crippen LogP contribution is 2.27. The molecule has 0 bridgehead atoms. The van der Waals surface area contributed by atoms with Crippen LogP contribution in [0, 0.1) is 6.92 Å². The zero-order chi connectivity index (χ0) is 13.0. The van der Waals surface area contributed by atoms with Gasteiger partial charge in [0.05, 0.1) is 6.26 Å². The minimum atomic E-state index is 0.274. The predicted octanol–water partition coefficient (Wildman–Crippen LogP) is 4.24. The number of benzene rings is 1. The van der Waals surface area contributed by atoms with Crippen LogP contribution in [0.25, 0.3) is 0 Å². The SMILES string of the molecule is CCNC(Cc1ccco1)c1cc(C)ccc1Br. The fourth-order valence-corrected chi connectivity index (χ4v) is 2.62. The average Bonchev–Trinajstić information content (AvgIpc) is 2.85. The molecule has 1 heterocycles. The monoisotopic (exact) mass is 307 g/mol. The Hall–Kier alpha value is -1.06. The van der Waals surface area contributed by atoms with Crippen LogP contribution in [0.4, 0.5) is 0 Å². The van der Waals surface area contributed by atoms with E-state index in [9.17, 15) is 0 Å². The van der Waals surface area contributed by atoms with Crippen LogP contribution in [-0.2, 0) is 6.42 Å². The maximum Gasteiger partial charge on any atom is 0.105 e. The van der Waals surface area contributed by atoms with Gasteiger partial charge in [-0.05, 0) is 37.2 Å². The van der Waals surface area contributed by atoms with Crippen LogP contribution in [0.2, 0.25) is 0 Å². The largest absolute Gasteiger partial charge is 0.469 e. The van der Waals surface area contributed by atoms with Crippen LogP contribution in [0.5, 0.6) is 0 Å². The highest BCUT2D eigenvalue weighted by Gasteiger charge is 2.15. The fraction of sp³-hybridized carbons (Fsp3) is 0.333. The van der Waals surface area contributed by atoms with Crippen molar-refractivity contribution in [2.24, 2.45) is 0 Å². The smallest absolute Gasteiger partial charge is 0.105 e. The average molecular weight is 308 g/mol. The van der Waals surface area contributed by atoms with Gasteiger partial charge in [-0.15, -0.1) is 0 Å². The quantitative estimate of drug-likeness (QED) is 0.893. The Morgan fingerprint density at radius 3 is 2.83 bits per heavy atom. The van der Waals surface area contributed by atoms with Gasteiger partial charge >= 0.3 is 0 Å². The third-order valence-corrected chi connectivity index (χ3v) is 3.69. The van der Waals surface area contributed by atoms with Crippen molar-refractivity contribution in [3.8, 4) is 0 Å². The van der Waals surface area contributed by atoms with Crippen LogP contribution < -0.4 is 5.32 Å². The molecule has 0 radical (unpaired) electrons. The molecule has 1 atom stereocenters. The number of hydrogen-bond acceptors (Lipinski definition) is 2. The lowest BCUT2D eigenvalue weighted by Crippen LogP contribution is -2.23. The number of hydrogen-bond donors (Lipinski definition) is 1. The summed E-state index contributed by atoms with van der Waals surface area (Å²) in [7, 11) is 0. The molecule has 18 heavy (non-hydrogen) atoms. The molecule has 1 aromatic carbocycles. The number of nitrogens with one attached hydrogen (secondary N) is 1. The van der Waals surface area contributed by atoms with Gasteiger partial charge in [-0.1, -0.05) is 40.5 Å². The number of aryl methyl sites for hydroxylation is 1. The Morgan fingerprint density at radius 1 is 1.33 bits per heavy atom. The van der Waals surface area contributed by atoms with E-state index in [1.807, 2.05) is 12.1 Å². The molecule has 0 aliphatic carbocycles. The van der Waals surface area contributed by atoms with E-state index in [0.29, 0.717) is 0 Å². The molecular weight excluding hydrogens is 290 g/mol. The first-order valence-corrected chi connectivity index (χ1v) is 7.01. The predicted molar refractivity (Wildman–Crippen MR) is 77.7 cm³/mol. The van der Waals surface area contributed by atoms with Crippen LogP contribution in [0.15, 0.2) is 45.5 Å². The van der Waals surface area contributed by atoms with Crippen LogP contribution >= 0.6 is 15.9 Å². The Morgan fingerprint density at radius 2 is 2.17 bits per heavy atom. The molecule has 0 aliphatic heterocycles. The summed E-state index contributed by atoms with van der Waals surface area (Å²) >= 11 is 3.63. The normalized spacial score (nSPS) is 12.6. The van der Waals surface area contributed by atoms with Gasteiger partial charge in [0.2, 0.25) is 0 Å². The molecule has 96 valence electrons. The van der Waals surface area contributed by atoms with Crippen molar-refractivity contribution in [1.29, 1.82) is 0 Å². The van der Waals surface area contributed by atoms with E-state index < -0.39 is 0 Å². The summed E-state index contributed by atoms with van der Waals surface area (Å²) in [6.07, 6.45) is 2.59. The van der Waals surface area contributed by atoms with Crippen molar-refractivity contribution >= 4 is 15.9 Å². The zero-order valence-corrected chi connectivity index (χ0v) is 12.3. The standard InChI is InChI=1S/C15H18BrNO/c1-3-17-15(10-12-5-4-8-18-12)13-9-11(2)6-7-14(13)16/h4-9,15,17H,3,10H2,1-2H3. The van der Waals surface area contributed by atoms with Crippen molar-refractivity contribution in [1.82, 2.24) is 5.32 Å². The summed E-state index contributed by atoms with van der Waals surface area (Å²) in [6.45, 7) is 5.18. The second kappa shape index (κ2) is 6.21. The highest BCUT2D eigenvalue weighted by molar-refractivity contribution is 9.10. The first-order valence-electron chi connectivity index (χ1n) is 6.22. The van der Waals surface area contributed by atoms with Gasteiger partial charge < -0.3 is 9.73 Å². The molecule has 2 nitrogen and oxygen atoms in total. The molecule has 0 spiro atoms. The Balaban J connectivity index is 2.26. The van der Waals surface area contributed by atoms with Crippen molar-refractivity contribution in [2.75, 3.05) is 6.54 Å². The number of rotatable bonds is 5. The molecule has 0 saturated carbocycles. The third kappa shape index (κ3) is 3.24. The first kappa shape index (κ1) is 13.4. The van der Waals surface area contributed by atoms with Gasteiger partial charge in [-0.3, -0.25) is 0 Å². The third-order valence-electron chi connectivity index (χ3n) is 2.96. The first-order chi connectivity index (χ1) is 8.70. The van der Waals surface area contributed by atoms with E-state index in [-0.39, 0.29) is 6.04 Å². The summed E-state index contributed by atoms with van der Waals surface area (Å²) in [4.78, 5) is 0. The van der Waals surface area contributed by atoms with Gasteiger partial charge in [-0.25, -0.2) is 0 Å². The van der Waals surface area contributed by atoms with Crippen molar-refractivity contribution in [3.05, 3.63) is 58.0 Å². The van der Waals surface area contributed by atoms with Gasteiger partial charge in [0.25, 0.3) is 0 Å². The minimum Gasteiger partial charge on any atom is -0.469 e. The second-order valence-corrected chi connectivity index (χ2v) is 5.27. The van der Waals surface area contributed by atoms with E-state index in [0.717, 1.165) is 23.2 Å². The number of likely N-dealkylation sites (N-methyl/N-ethyl adjacent to an activating group) is 1. The Labute approximate surface area is 117 Å². The summed E-state index contributed by atoms with van der Waals surface area (Å²) in [5, 5.41) is 3.52. The lowest BCUT2D eigenvalue weighted by Gasteiger charge is -2.19. The topological polar surface area (TPSA) is 25.2 Å². The van der Waals surface area contributed by atoms with E-state index in [2.05, 4.69) is 53.3 Å². The molecule has 2 rings (SSSR count). The van der Waals surface area contributed by atoms with Crippen molar-refractivity contribution < 1.29 is 4.42 Å². The summed E-state index contributed by atoms with van der Waals surface area (Å²) in [6, 6.07) is 10.7. The summed E-state index contributed by atoms with van der Waals surface area (Å²) < 4.78 is 6.59. The highest BCUT2D eigenvalue weighted by atomic mass is 79.9. The summed E-state index contributed by atoms with van der Waals surface area (Å²) in [5.41, 5.74) is 2.56. The van der Waals surface area contributed by atoms with Gasteiger partial charge in [0.15, 0.2) is 0 Å².